The van der Waals surface area contributed by atoms with Gasteiger partial charge in [0, 0.05) is 20.9 Å². The van der Waals surface area contributed by atoms with Gasteiger partial charge in [-0.05, 0) is 31.2 Å². The fraction of sp³-hybridized carbons (Fsp3) is 0.111. The first-order valence-corrected chi connectivity index (χ1v) is 9.49. The number of carbonyl (C=O) groups is 1. The number of carbonyl (C=O) groups excluding carboxylic acids is 1. The molecule has 3 aromatic rings. The van der Waals surface area contributed by atoms with Crippen molar-refractivity contribution in [2.75, 3.05) is 5.32 Å². The molecule has 1 aromatic heterocycles. The lowest BCUT2D eigenvalue weighted by Crippen LogP contribution is -2.22. The number of thioether (sulfide) groups is 1. The summed E-state index contributed by atoms with van der Waals surface area (Å²) >= 11 is 8.79. The molecule has 1 atom stereocenters. The van der Waals surface area contributed by atoms with Crippen LogP contribution in [-0.2, 0) is 4.79 Å². The van der Waals surface area contributed by atoms with Gasteiger partial charge in [0.2, 0.25) is 5.91 Å². The summed E-state index contributed by atoms with van der Waals surface area (Å²) in [4.78, 5) is 17.8. The second-order valence-corrected chi connectivity index (χ2v) is 7.82. The lowest BCUT2D eigenvalue weighted by atomic mass is 10.2. The van der Waals surface area contributed by atoms with Gasteiger partial charge in [0.15, 0.2) is 5.13 Å². The van der Waals surface area contributed by atoms with Gasteiger partial charge in [-0.25, -0.2) is 4.98 Å². The number of rotatable bonds is 5. The van der Waals surface area contributed by atoms with Crippen molar-refractivity contribution in [3.05, 3.63) is 65.0 Å². The molecule has 3 rings (SSSR count). The van der Waals surface area contributed by atoms with Crippen LogP contribution in [0, 0.1) is 0 Å². The normalized spacial score (nSPS) is 11.9. The minimum atomic E-state index is -0.227. The zero-order valence-corrected chi connectivity index (χ0v) is 15.3. The minimum absolute atomic E-state index is 0.0658. The third kappa shape index (κ3) is 4.38. The number of anilines is 1. The van der Waals surface area contributed by atoms with E-state index < -0.39 is 0 Å². The summed E-state index contributed by atoms with van der Waals surface area (Å²) < 4.78 is 0. The smallest absolute Gasteiger partial charge is 0.239 e. The average Bonchev–Trinajstić information content (AvgIpc) is 3.06. The van der Waals surface area contributed by atoms with Gasteiger partial charge in [-0.15, -0.1) is 23.1 Å². The molecule has 0 aliphatic carbocycles. The molecule has 1 unspecified atom stereocenters. The molecule has 0 spiro atoms. The minimum Gasteiger partial charge on any atom is -0.301 e. The van der Waals surface area contributed by atoms with Crippen molar-refractivity contribution in [3.8, 4) is 11.3 Å². The first kappa shape index (κ1) is 17.0. The maximum Gasteiger partial charge on any atom is 0.239 e. The van der Waals surface area contributed by atoms with E-state index in [-0.39, 0.29) is 11.2 Å². The van der Waals surface area contributed by atoms with Crippen molar-refractivity contribution in [3.63, 3.8) is 0 Å². The quantitative estimate of drug-likeness (QED) is 0.592. The second kappa shape index (κ2) is 7.83. The Bertz CT molecular complexity index is 819. The number of halogens is 1. The molecule has 1 amide bonds. The Morgan fingerprint density at radius 2 is 1.88 bits per heavy atom. The summed E-state index contributed by atoms with van der Waals surface area (Å²) in [5, 5.41) is 5.91. The molecule has 122 valence electrons. The van der Waals surface area contributed by atoms with Crippen LogP contribution >= 0.6 is 34.7 Å². The molecule has 0 saturated carbocycles. The van der Waals surface area contributed by atoms with Crippen molar-refractivity contribution in [2.24, 2.45) is 0 Å². The summed E-state index contributed by atoms with van der Waals surface area (Å²) in [5.74, 6) is -0.0658. The zero-order valence-electron chi connectivity index (χ0n) is 12.9. The molecule has 0 bridgehead atoms. The average molecular weight is 375 g/mol. The Morgan fingerprint density at radius 1 is 1.17 bits per heavy atom. The first-order valence-electron chi connectivity index (χ1n) is 7.36. The summed E-state index contributed by atoms with van der Waals surface area (Å²) in [6, 6.07) is 17.4. The van der Waals surface area contributed by atoms with Crippen molar-refractivity contribution >= 4 is 45.7 Å². The summed E-state index contributed by atoms with van der Waals surface area (Å²) in [6.07, 6.45) is 0. The highest BCUT2D eigenvalue weighted by molar-refractivity contribution is 8.00. The molecular weight excluding hydrogens is 360 g/mol. The molecule has 0 aliphatic heterocycles. The van der Waals surface area contributed by atoms with Gasteiger partial charge in [-0.1, -0.05) is 41.9 Å². The Balaban J connectivity index is 1.62. The van der Waals surface area contributed by atoms with E-state index in [0.29, 0.717) is 10.2 Å². The number of nitrogens with one attached hydrogen (secondary N) is 1. The Labute approximate surface area is 154 Å². The van der Waals surface area contributed by atoms with E-state index in [4.69, 9.17) is 11.6 Å². The molecule has 0 radical (unpaired) electrons. The summed E-state index contributed by atoms with van der Waals surface area (Å²) in [6.45, 7) is 1.88. The maximum atomic E-state index is 12.3. The molecule has 3 nitrogen and oxygen atoms in total. The summed E-state index contributed by atoms with van der Waals surface area (Å²) in [5.41, 5.74) is 1.91. The van der Waals surface area contributed by atoms with E-state index >= 15 is 0 Å². The predicted octanol–water partition coefficient (Wildman–Crippen LogP) is 5.58. The third-order valence-electron chi connectivity index (χ3n) is 3.30. The number of thiazole rings is 1. The van der Waals surface area contributed by atoms with Crippen LogP contribution in [0.5, 0.6) is 0 Å². The maximum absolute atomic E-state index is 12.3. The van der Waals surface area contributed by atoms with E-state index in [2.05, 4.69) is 10.3 Å². The molecular formula is C18H15ClN2OS2. The van der Waals surface area contributed by atoms with Crippen molar-refractivity contribution in [1.82, 2.24) is 4.98 Å². The van der Waals surface area contributed by atoms with Crippen LogP contribution in [-0.4, -0.2) is 16.1 Å². The fourth-order valence-electron chi connectivity index (χ4n) is 2.05. The monoisotopic (exact) mass is 374 g/mol. The third-order valence-corrected chi connectivity index (χ3v) is 5.42. The molecule has 6 heteroatoms. The number of aromatic nitrogens is 1. The molecule has 1 N–H and O–H groups in total. The van der Waals surface area contributed by atoms with Crippen molar-refractivity contribution < 1.29 is 4.79 Å². The standard InChI is InChI=1S/C18H15ClN2OS2/c1-12(24-15-9-7-14(19)8-10-15)17(22)21-18-20-16(11-23-18)13-5-3-2-4-6-13/h2-12H,1H3,(H,20,21,22). The van der Waals surface area contributed by atoms with Crippen LogP contribution in [0.1, 0.15) is 6.92 Å². The van der Waals surface area contributed by atoms with Crippen molar-refractivity contribution in [2.45, 2.75) is 17.1 Å². The van der Waals surface area contributed by atoms with Crippen LogP contribution in [0.4, 0.5) is 5.13 Å². The lowest BCUT2D eigenvalue weighted by molar-refractivity contribution is -0.115. The predicted molar refractivity (Wildman–Crippen MR) is 103 cm³/mol. The van der Waals surface area contributed by atoms with E-state index in [9.17, 15) is 4.79 Å². The number of benzene rings is 2. The lowest BCUT2D eigenvalue weighted by Gasteiger charge is -2.10. The van der Waals surface area contributed by atoms with Gasteiger partial charge in [-0.2, -0.15) is 0 Å². The fourth-order valence-corrected chi connectivity index (χ4v) is 3.77. The van der Waals surface area contributed by atoms with Gasteiger partial charge >= 0.3 is 0 Å². The molecule has 0 saturated heterocycles. The van der Waals surface area contributed by atoms with E-state index in [1.807, 2.05) is 66.9 Å². The highest BCUT2D eigenvalue weighted by Gasteiger charge is 2.16. The van der Waals surface area contributed by atoms with Crippen molar-refractivity contribution in [1.29, 1.82) is 0 Å². The number of hydrogen-bond donors (Lipinski definition) is 1. The van der Waals surface area contributed by atoms with Crippen LogP contribution in [0.2, 0.25) is 5.02 Å². The summed E-state index contributed by atoms with van der Waals surface area (Å²) in [7, 11) is 0. The largest absolute Gasteiger partial charge is 0.301 e. The van der Waals surface area contributed by atoms with E-state index in [1.165, 1.54) is 23.1 Å². The highest BCUT2D eigenvalue weighted by atomic mass is 35.5. The molecule has 24 heavy (non-hydrogen) atoms. The molecule has 0 aliphatic rings. The van der Waals surface area contributed by atoms with E-state index in [0.717, 1.165) is 16.2 Å². The molecule has 1 heterocycles. The Morgan fingerprint density at radius 3 is 2.58 bits per heavy atom. The van der Waals surface area contributed by atoms with Crippen LogP contribution in [0.25, 0.3) is 11.3 Å². The van der Waals surface area contributed by atoms with Gasteiger partial charge < -0.3 is 5.32 Å². The van der Waals surface area contributed by atoms with Crippen LogP contribution in [0.15, 0.2) is 64.9 Å². The van der Waals surface area contributed by atoms with Gasteiger partial charge in [0.05, 0.1) is 10.9 Å². The Hall–Kier alpha value is -1.82. The number of hydrogen-bond acceptors (Lipinski definition) is 4. The number of nitrogens with zero attached hydrogens (tertiary/aromatic N) is 1. The van der Waals surface area contributed by atoms with Crippen LogP contribution in [0.3, 0.4) is 0 Å². The highest BCUT2D eigenvalue weighted by Crippen LogP contribution is 2.28. The zero-order chi connectivity index (χ0) is 16.9. The second-order valence-electron chi connectivity index (χ2n) is 5.11. The van der Waals surface area contributed by atoms with Crippen LogP contribution < -0.4 is 5.32 Å². The van der Waals surface area contributed by atoms with Gasteiger partial charge in [-0.3, -0.25) is 4.79 Å². The molecule has 2 aromatic carbocycles. The molecule has 0 fully saturated rings. The topological polar surface area (TPSA) is 42.0 Å². The SMILES string of the molecule is CC(Sc1ccc(Cl)cc1)C(=O)Nc1nc(-c2ccccc2)cs1. The Kier molecular flexibility index (Phi) is 5.56. The van der Waals surface area contributed by atoms with Gasteiger partial charge in [0.1, 0.15) is 0 Å². The van der Waals surface area contributed by atoms with Gasteiger partial charge in [0.25, 0.3) is 0 Å². The number of amides is 1. The first-order chi connectivity index (χ1) is 11.6. The van der Waals surface area contributed by atoms with E-state index in [1.54, 1.807) is 0 Å².